The molecule has 0 spiro atoms. The second kappa shape index (κ2) is 4.82. The highest BCUT2D eigenvalue weighted by molar-refractivity contribution is 5.33. The molecule has 1 aromatic rings. The van der Waals surface area contributed by atoms with Gasteiger partial charge in [0.25, 0.3) is 0 Å². The quantitative estimate of drug-likeness (QED) is 0.622. The van der Waals surface area contributed by atoms with Gasteiger partial charge in [0.05, 0.1) is 6.54 Å². The van der Waals surface area contributed by atoms with E-state index in [0.717, 1.165) is 29.9 Å². The number of anilines is 1. The number of hydrogen-bond donors (Lipinski definition) is 2. The van der Waals surface area contributed by atoms with Crippen molar-refractivity contribution in [3.8, 4) is 0 Å². The van der Waals surface area contributed by atoms with Crippen molar-refractivity contribution in [2.75, 3.05) is 18.5 Å². The van der Waals surface area contributed by atoms with E-state index in [1.54, 1.807) is 0 Å². The normalized spacial score (nSPS) is 27.4. The summed E-state index contributed by atoms with van der Waals surface area (Å²) < 4.78 is 0. The maximum Gasteiger partial charge on any atom is 0.145 e. The zero-order chi connectivity index (χ0) is 12.5. The van der Waals surface area contributed by atoms with Crippen molar-refractivity contribution in [2.45, 2.75) is 32.7 Å². The predicted molar refractivity (Wildman–Crippen MR) is 70.7 cm³/mol. The van der Waals surface area contributed by atoms with Crippen LogP contribution in [0.1, 0.15) is 30.8 Å². The monoisotopic (exact) mass is 247 g/mol. The van der Waals surface area contributed by atoms with Gasteiger partial charge in [-0.2, -0.15) is 0 Å². The Morgan fingerprint density at radius 2 is 2.06 bits per heavy atom. The molecular formula is C13H21N5. The molecule has 3 rings (SSSR count). The third kappa shape index (κ3) is 2.33. The van der Waals surface area contributed by atoms with Gasteiger partial charge in [-0.1, -0.05) is 6.42 Å². The lowest BCUT2D eigenvalue weighted by Crippen LogP contribution is -2.23. The number of nitrogens with zero attached hydrogens (tertiary/aromatic N) is 3. The van der Waals surface area contributed by atoms with Crippen LogP contribution in [0.3, 0.4) is 0 Å². The van der Waals surface area contributed by atoms with Crippen LogP contribution in [0.5, 0.6) is 0 Å². The molecule has 2 heterocycles. The Morgan fingerprint density at radius 3 is 2.72 bits per heavy atom. The SMILES string of the molecule is Cc1cc(NN)nc(CN2CC3CCCC3C2)n1. The first kappa shape index (κ1) is 11.9. The third-order valence-corrected chi connectivity index (χ3v) is 4.22. The molecule has 1 aromatic heterocycles. The Bertz CT molecular complexity index is 421. The minimum absolute atomic E-state index is 0.705. The van der Waals surface area contributed by atoms with Crippen LogP contribution in [0.2, 0.25) is 0 Å². The first-order valence-corrected chi connectivity index (χ1v) is 6.78. The van der Waals surface area contributed by atoms with Gasteiger partial charge in [-0.25, -0.2) is 15.8 Å². The highest BCUT2D eigenvalue weighted by Crippen LogP contribution is 2.37. The molecule has 0 amide bonds. The second-order valence-electron chi connectivity index (χ2n) is 5.60. The summed E-state index contributed by atoms with van der Waals surface area (Å²) in [6.07, 6.45) is 4.24. The molecule has 5 heteroatoms. The van der Waals surface area contributed by atoms with Gasteiger partial charge in [0.2, 0.25) is 0 Å². The molecule has 0 radical (unpaired) electrons. The molecule has 3 N–H and O–H groups in total. The third-order valence-electron chi connectivity index (χ3n) is 4.22. The lowest BCUT2D eigenvalue weighted by Gasteiger charge is -2.16. The summed E-state index contributed by atoms with van der Waals surface area (Å²) in [7, 11) is 0. The maximum atomic E-state index is 5.42. The molecule has 2 unspecified atom stereocenters. The highest BCUT2D eigenvalue weighted by Gasteiger charge is 2.36. The molecule has 0 bridgehead atoms. The Hall–Kier alpha value is -1.20. The van der Waals surface area contributed by atoms with Gasteiger partial charge >= 0.3 is 0 Å². The summed E-state index contributed by atoms with van der Waals surface area (Å²) in [5, 5.41) is 0. The maximum absolute atomic E-state index is 5.42. The van der Waals surface area contributed by atoms with Gasteiger partial charge in [0.15, 0.2) is 0 Å². The summed E-state index contributed by atoms with van der Waals surface area (Å²) in [5.74, 6) is 8.84. The fourth-order valence-electron chi connectivity index (χ4n) is 3.44. The van der Waals surface area contributed by atoms with Crippen LogP contribution in [0.4, 0.5) is 5.82 Å². The summed E-state index contributed by atoms with van der Waals surface area (Å²) in [6, 6.07) is 1.86. The molecule has 98 valence electrons. The van der Waals surface area contributed by atoms with Gasteiger partial charge < -0.3 is 5.43 Å². The summed E-state index contributed by atoms with van der Waals surface area (Å²) >= 11 is 0. The number of nitrogens with two attached hydrogens (primary N) is 1. The number of nitrogen functional groups attached to an aromatic ring is 1. The van der Waals surface area contributed by atoms with Crippen molar-refractivity contribution in [1.29, 1.82) is 0 Å². The van der Waals surface area contributed by atoms with Gasteiger partial charge in [-0.15, -0.1) is 0 Å². The van der Waals surface area contributed by atoms with Crippen molar-refractivity contribution in [3.05, 3.63) is 17.6 Å². The Kier molecular flexibility index (Phi) is 3.18. The van der Waals surface area contributed by atoms with Crippen molar-refractivity contribution < 1.29 is 0 Å². The Morgan fingerprint density at radius 1 is 1.33 bits per heavy atom. The van der Waals surface area contributed by atoms with Crippen LogP contribution in [-0.2, 0) is 6.54 Å². The molecule has 1 aliphatic heterocycles. The number of fused-ring (bicyclic) bond motifs is 1. The fraction of sp³-hybridized carbons (Fsp3) is 0.692. The average molecular weight is 247 g/mol. The minimum Gasteiger partial charge on any atom is -0.308 e. The molecule has 2 fully saturated rings. The first-order valence-electron chi connectivity index (χ1n) is 6.78. The van der Waals surface area contributed by atoms with Gasteiger partial charge in [-0.3, -0.25) is 4.90 Å². The minimum atomic E-state index is 0.705. The number of rotatable bonds is 3. The zero-order valence-corrected chi connectivity index (χ0v) is 10.9. The van der Waals surface area contributed by atoms with E-state index in [4.69, 9.17) is 5.84 Å². The van der Waals surface area contributed by atoms with Gasteiger partial charge in [0, 0.05) is 24.8 Å². The lowest BCUT2D eigenvalue weighted by atomic mass is 10.0. The number of likely N-dealkylation sites (tertiary alicyclic amines) is 1. The van der Waals surface area contributed by atoms with Gasteiger partial charge in [-0.05, 0) is 31.6 Å². The fourth-order valence-corrected chi connectivity index (χ4v) is 3.44. The molecule has 2 aliphatic rings. The summed E-state index contributed by atoms with van der Waals surface area (Å²) in [4.78, 5) is 11.4. The van der Waals surface area contributed by atoms with Crippen molar-refractivity contribution in [2.24, 2.45) is 17.7 Å². The molecule has 5 nitrogen and oxygen atoms in total. The van der Waals surface area contributed by atoms with Gasteiger partial charge in [0.1, 0.15) is 11.6 Å². The highest BCUT2D eigenvalue weighted by atomic mass is 15.3. The van der Waals surface area contributed by atoms with Crippen molar-refractivity contribution in [3.63, 3.8) is 0 Å². The number of hydrazine groups is 1. The molecule has 1 aliphatic carbocycles. The van der Waals surface area contributed by atoms with E-state index < -0.39 is 0 Å². The number of nitrogens with one attached hydrogen (secondary N) is 1. The predicted octanol–water partition coefficient (Wildman–Crippen LogP) is 1.30. The van der Waals surface area contributed by atoms with Crippen LogP contribution in [0, 0.1) is 18.8 Å². The second-order valence-corrected chi connectivity index (χ2v) is 5.60. The van der Waals surface area contributed by atoms with E-state index in [1.807, 2.05) is 13.0 Å². The van der Waals surface area contributed by atoms with Crippen molar-refractivity contribution in [1.82, 2.24) is 14.9 Å². The topological polar surface area (TPSA) is 67.1 Å². The lowest BCUT2D eigenvalue weighted by molar-refractivity contribution is 0.296. The van der Waals surface area contributed by atoms with E-state index in [0.29, 0.717) is 5.82 Å². The van der Waals surface area contributed by atoms with Crippen molar-refractivity contribution >= 4 is 5.82 Å². The van der Waals surface area contributed by atoms with Crippen LogP contribution in [0.25, 0.3) is 0 Å². The molecule has 1 saturated carbocycles. The number of aryl methyl sites for hydroxylation is 1. The molecule has 2 atom stereocenters. The van der Waals surface area contributed by atoms with E-state index in [2.05, 4.69) is 20.3 Å². The average Bonchev–Trinajstić information content (AvgIpc) is 2.88. The number of hydrogen-bond acceptors (Lipinski definition) is 5. The zero-order valence-electron chi connectivity index (χ0n) is 10.9. The first-order chi connectivity index (χ1) is 8.74. The Balaban J connectivity index is 1.68. The van der Waals surface area contributed by atoms with Crippen LogP contribution in [-0.4, -0.2) is 28.0 Å². The van der Waals surface area contributed by atoms with Crippen LogP contribution in [0.15, 0.2) is 6.07 Å². The standard InChI is InChI=1S/C13H21N5/c1-9-5-12(17-14)16-13(15-9)8-18-6-10-3-2-4-11(10)7-18/h5,10-11H,2-4,6-8,14H2,1H3,(H,15,16,17). The number of aromatic nitrogens is 2. The Labute approximate surface area is 108 Å². The van der Waals surface area contributed by atoms with E-state index in [9.17, 15) is 0 Å². The largest absolute Gasteiger partial charge is 0.308 e. The molecule has 1 saturated heterocycles. The molecule has 0 aromatic carbocycles. The molecule has 18 heavy (non-hydrogen) atoms. The van der Waals surface area contributed by atoms with Crippen LogP contribution >= 0.6 is 0 Å². The summed E-state index contributed by atoms with van der Waals surface area (Å²) in [5.41, 5.74) is 3.57. The van der Waals surface area contributed by atoms with E-state index in [-0.39, 0.29) is 0 Å². The summed E-state index contributed by atoms with van der Waals surface area (Å²) in [6.45, 7) is 5.26. The molecular weight excluding hydrogens is 226 g/mol. The van der Waals surface area contributed by atoms with E-state index >= 15 is 0 Å². The van der Waals surface area contributed by atoms with E-state index in [1.165, 1.54) is 32.4 Å². The smallest absolute Gasteiger partial charge is 0.145 e. The van der Waals surface area contributed by atoms with Crippen LogP contribution < -0.4 is 11.3 Å².